The van der Waals surface area contributed by atoms with Crippen LogP contribution in [-0.2, 0) is 6.54 Å². The van der Waals surface area contributed by atoms with Gasteiger partial charge in [-0.2, -0.15) is 0 Å². The van der Waals surface area contributed by atoms with E-state index in [1.165, 1.54) is 11.1 Å². The zero-order chi connectivity index (χ0) is 11.8. The Kier molecular flexibility index (Phi) is 2.81. The lowest BCUT2D eigenvalue weighted by atomic mass is 9.89. The Morgan fingerprint density at radius 1 is 1.29 bits per heavy atom. The molecule has 0 fully saturated rings. The van der Waals surface area contributed by atoms with Crippen LogP contribution in [0.25, 0.3) is 0 Å². The highest BCUT2D eigenvalue weighted by molar-refractivity contribution is 9.10. The van der Waals surface area contributed by atoms with Gasteiger partial charge in [0.1, 0.15) is 11.5 Å². The Bertz CT molecular complexity index is 530. The van der Waals surface area contributed by atoms with Gasteiger partial charge in [0, 0.05) is 22.5 Å². The number of furan rings is 1. The molecule has 88 valence electrons. The van der Waals surface area contributed by atoms with Crippen molar-refractivity contribution >= 4 is 15.9 Å². The van der Waals surface area contributed by atoms with Gasteiger partial charge in [-0.3, -0.25) is 0 Å². The van der Waals surface area contributed by atoms with Crippen molar-refractivity contribution in [3.8, 4) is 0 Å². The van der Waals surface area contributed by atoms with Crippen LogP contribution in [0, 0.1) is 6.92 Å². The second-order valence-corrected chi connectivity index (χ2v) is 5.39. The number of hydrogen-bond donors (Lipinski definition) is 1. The highest BCUT2D eigenvalue weighted by Crippen LogP contribution is 2.32. The average Bonchev–Trinajstić information content (AvgIpc) is 2.70. The topological polar surface area (TPSA) is 25.2 Å². The molecule has 0 bridgehead atoms. The smallest absolute Gasteiger partial charge is 0.121 e. The standard InChI is InChI=1S/C14H14BrNO/c1-9-6-12-13(7-16-8-14(12)17-9)10-2-4-11(15)5-3-10/h2-6,13,16H,7-8H2,1H3. The van der Waals surface area contributed by atoms with Crippen molar-refractivity contribution in [2.75, 3.05) is 6.54 Å². The van der Waals surface area contributed by atoms with E-state index in [0.29, 0.717) is 5.92 Å². The van der Waals surface area contributed by atoms with Gasteiger partial charge in [-0.25, -0.2) is 0 Å². The summed E-state index contributed by atoms with van der Waals surface area (Å²) in [6, 6.07) is 10.7. The maximum atomic E-state index is 5.71. The molecule has 0 amide bonds. The minimum atomic E-state index is 0.407. The molecule has 2 heterocycles. The number of halogens is 1. The fourth-order valence-corrected chi connectivity index (χ4v) is 2.71. The molecule has 17 heavy (non-hydrogen) atoms. The van der Waals surface area contributed by atoms with Crippen molar-refractivity contribution in [2.45, 2.75) is 19.4 Å². The third-order valence-electron chi connectivity index (χ3n) is 3.25. The molecule has 1 aliphatic heterocycles. The minimum absolute atomic E-state index is 0.407. The van der Waals surface area contributed by atoms with Crippen LogP contribution in [0.15, 0.2) is 39.2 Å². The Labute approximate surface area is 109 Å². The van der Waals surface area contributed by atoms with Crippen LogP contribution in [0.4, 0.5) is 0 Å². The monoisotopic (exact) mass is 291 g/mol. The van der Waals surface area contributed by atoms with Gasteiger partial charge in [0.25, 0.3) is 0 Å². The third kappa shape index (κ3) is 2.05. The van der Waals surface area contributed by atoms with E-state index < -0.39 is 0 Å². The van der Waals surface area contributed by atoms with Crippen molar-refractivity contribution < 1.29 is 4.42 Å². The highest BCUT2D eigenvalue weighted by atomic mass is 79.9. The number of benzene rings is 1. The van der Waals surface area contributed by atoms with E-state index in [4.69, 9.17) is 4.42 Å². The maximum Gasteiger partial charge on any atom is 0.121 e. The van der Waals surface area contributed by atoms with Crippen molar-refractivity contribution in [1.82, 2.24) is 5.32 Å². The van der Waals surface area contributed by atoms with Crippen LogP contribution < -0.4 is 5.32 Å². The summed E-state index contributed by atoms with van der Waals surface area (Å²) in [5.41, 5.74) is 2.67. The molecule has 0 spiro atoms. The summed E-state index contributed by atoms with van der Waals surface area (Å²) in [6.07, 6.45) is 0. The maximum absolute atomic E-state index is 5.71. The third-order valence-corrected chi connectivity index (χ3v) is 3.78. The van der Waals surface area contributed by atoms with Crippen LogP contribution in [-0.4, -0.2) is 6.54 Å². The van der Waals surface area contributed by atoms with Crippen LogP contribution in [0.3, 0.4) is 0 Å². The van der Waals surface area contributed by atoms with E-state index in [1.807, 2.05) is 6.92 Å². The van der Waals surface area contributed by atoms with Crippen molar-refractivity contribution in [3.05, 3.63) is 57.5 Å². The summed E-state index contributed by atoms with van der Waals surface area (Å²) in [5.74, 6) is 2.49. The first kappa shape index (κ1) is 11.1. The normalized spacial score (nSPS) is 19.1. The first-order chi connectivity index (χ1) is 8.24. The van der Waals surface area contributed by atoms with Crippen molar-refractivity contribution in [1.29, 1.82) is 0 Å². The lowest BCUT2D eigenvalue weighted by molar-refractivity contribution is 0.435. The first-order valence-corrected chi connectivity index (χ1v) is 6.59. The molecule has 1 unspecified atom stereocenters. The predicted molar refractivity (Wildman–Crippen MR) is 71.1 cm³/mol. The molecule has 1 N–H and O–H groups in total. The van der Waals surface area contributed by atoms with E-state index >= 15 is 0 Å². The zero-order valence-electron chi connectivity index (χ0n) is 9.66. The molecular formula is C14H14BrNO. The molecule has 0 saturated heterocycles. The molecule has 1 aromatic carbocycles. The van der Waals surface area contributed by atoms with Crippen molar-refractivity contribution in [3.63, 3.8) is 0 Å². The van der Waals surface area contributed by atoms with Gasteiger partial charge in [0.05, 0.1) is 6.54 Å². The number of nitrogens with one attached hydrogen (secondary N) is 1. The summed E-state index contributed by atoms with van der Waals surface area (Å²) in [6.45, 7) is 3.83. The molecule has 0 saturated carbocycles. The van der Waals surface area contributed by atoms with Crippen molar-refractivity contribution in [2.24, 2.45) is 0 Å². The Morgan fingerprint density at radius 2 is 2.06 bits per heavy atom. The summed E-state index contributed by atoms with van der Waals surface area (Å²) < 4.78 is 6.83. The van der Waals surface area contributed by atoms with Gasteiger partial charge in [0.15, 0.2) is 0 Å². The quantitative estimate of drug-likeness (QED) is 0.869. The second-order valence-electron chi connectivity index (χ2n) is 4.47. The number of hydrogen-bond acceptors (Lipinski definition) is 2. The Hall–Kier alpha value is -1.06. The summed E-state index contributed by atoms with van der Waals surface area (Å²) >= 11 is 3.47. The molecular weight excluding hydrogens is 278 g/mol. The Morgan fingerprint density at radius 3 is 2.82 bits per heavy atom. The van der Waals surface area contributed by atoms with Gasteiger partial charge in [-0.1, -0.05) is 28.1 Å². The fraction of sp³-hybridized carbons (Fsp3) is 0.286. The van der Waals surface area contributed by atoms with E-state index in [9.17, 15) is 0 Å². The summed E-state index contributed by atoms with van der Waals surface area (Å²) in [5, 5.41) is 3.41. The zero-order valence-corrected chi connectivity index (χ0v) is 11.3. The summed E-state index contributed by atoms with van der Waals surface area (Å²) in [7, 11) is 0. The number of fused-ring (bicyclic) bond motifs is 1. The SMILES string of the molecule is Cc1cc2c(o1)CNCC2c1ccc(Br)cc1. The van der Waals surface area contributed by atoms with E-state index in [1.54, 1.807) is 0 Å². The van der Waals surface area contributed by atoms with Crippen LogP contribution in [0.5, 0.6) is 0 Å². The highest BCUT2D eigenvalue weighted by Gasteiger charge is 2.24. The number of rotatable bonds is 1. The van der Waals surface area contributed by atoms with Crippen LogP contribution >= 0.6 is 15.9 Å². The lowest BCUT2D eigenvalue weighted by Gasteiger charge is -2.22. The number of aryl methyl sites for hydroxylation is 1. The lowest BCUT2D eigenvalue weighted by Crippen LogP contribution is -2.27. The molecule has 3 heteroatoms. The van der Waals surface area contributed by atoms with Crippen LogP contribution in [0.1, 0.15) is 28.6 Å². The molecule has 1 aliphatic rings. The van der Waals surface area contributed by atoms with E-state index in [2.05, 4.69) is 51.6 Å². The molecule has 2 nitrogen and oxygen atoms in total. The largest absolute Gasteiger partial charge is 0.465 e. The van der Waals surface area contributed by atoms with Gasteiger partial charge in [-0.05, 0) is 30.7 Å². The molecule has 0 aliphatic carbocycles. The molecule has 3 rings (SSSR count). The molecule has 1 atom stereocenters. The second kappa shape index (κ2) is 4.31. The van der Waals surface area contributed by atoms with Crippen LogP contribution in [0.2, 0.25) is 0 Å². The van der Waals surface area contributed by atoms with Gasteiger partial charge in [-0.15, -0.1) is 0 Å². The molecule has 0 radical (unpaired) electrons. The summed E-state index contributed by atoms with van der Waals surface area (Å²) in [4.78, 5) is 0. The average molecular weight is 292 g/mol. The molecule has 2 aromatic rings. The van der Waals surface area contributed by atoms with Gasteiger partial charge < -0.3 is 9.73 Å². The van der Waals surface area contributed by atoms with E-state index in [-0.39, 0.29) is 0 Å². The first-order valence-electron chi connectivity index (χ1n) is 5.79. The predicted octanol–water partition coefficient (Wildman–Crippen LogP) is 3.59. The van der Waals surface area contributed by atoms with Gasteiger partial charge >= 0.3 is 0 Å². The Balaban J connectivity index is 2.02. The molecule has 1 aromatic heterocycles. The van der Waals surface area contributed by atoms with Gasteiger partial charge in [0.2, 0.25) is 0 Å². The fourth-order valence-electron chi connectivity index (χ4n) is 2.45. The van der Waals surface area contributed by atoms with E-state index in [0.717, 1.165) is 29.1 Å². The minimum Gasteiger partial charge on any atom is -0.465 e.